The summed E-state index contributed by atoms with van der Waals surface area (Å²) in [6.07, 6.45) is 3.61. The molecule has 0 aromatic rings. The van der Waals surface area contributed by atoms with Gasteiger partial charge < -0.3 is 0 Å². The van der Waals surface area contributed by atoms with Gasteiger partial charge in [-0.05, 0) is 12.2 Å². The molecule has 1 aliphatic rings. The number of hydrogen-bond acceptors (Lipinski definition) is 3. The first-order valence-corrected chi connectivity index (χ1v) is 3.36. The summed E-state index contributed by atoms with van der Waals surface area (Å²) in [5.74, 6) is 0. The summed E-state index contributed by atoms with van der Waals surface area (Å²) in [5, 5.41) is 0. The van der Waals surface area contributed by atoms with Gasteiger partial charge in [-0.3, -0.25) is 0 Å². The van der Waals surface area contributed by atoms with E-state index in [1.54, 1.807) is 12.2 Å². The number of hydrogen-bond donors (Lipinski definition) is 2. The maximum Gasteiger partial charge on any atom is 0.0399 e. The first-order chi connectivity index (χ1) is 3.70. The molecule has 42 valence electrons. The van der Waals surface area contributed by atoms with Crippen molar-refractivity contribution in [3.05, 3.63) is 22.0 Å². The van der Waals surface area contributed by atoms with Crippen LogP contribution in [0.2, 0.25) is 0 Å². The number of thiol groups is 2. The molecule has 0 amide bonds. The van der Waals surface area contributed by atoms with E-state index in [0.29, 0.717) is 0 Å². The molecular weight excluding hydrogens is 156 g/mol. The highest BCUT2D eigenvalue weighted by Gasteiger charge is 2.03. The molecule has 3 heteroatoms. The first kappa shape index (κ1) is 6.39. The number of thiocarbonyl (C=S) groups is 1. The zero-order valence-electron chi connectivity index (χ0n) is 3.96. The highest BCUT2D eigenvalue weighted by molar-refractivity contribution is 7.90. The van der Waals surface area contributed by atoms with E-state index in [0.717, 1.165) is 14.7 Å². The van der Waals surface area contributed by atoms with Gasteiger partial charge in [0.2, 0.25) is 0 Å². The molecule has 0 saturated heterocycles. The van der Waals surface area contributed by atoms with Crippen LogP contribution in [0, 0.1) is 0 Å². The summed E-state index contributed by atoms with van der Waals surface area (Å²) in [6, 6.07) is 0. The molecule has 0 spiro atoms. The minimum atomic E-state index is 0.806. The van der Waals surface area contributed by atoms with Gasteiger partial charge in [0.1, 0.15) is 0 Å². The van der Waals surface area contributed by atoms with E-state index in [1.165, 1.54) is 0 Å². The van der Waals surface area contributed by atoms with Crippen molar-refractivity contribution in [1.82, 2.24) is 0 Å². The summed E-state index contributed by atoms with van der Waals surface area (Å²) >= 11 is 13.0. The number of allylic oxidation sites excluding steroid dienone is 2. The SMILES string of the molecule is S=C1C=C(S)C(S)=C1. The summed E-state index contributed by atoms with van der Waals surface area (Å²) in [7, 11) is 0. The second kappa shape index (κ2) is 2.25. The normalized spacial score (nSPS) is 18.5. The van der Waals surface area contributed by atoms with Crippen molar-refractivity contribution in [3.8, 4) is 0 Å². The highest BCUT2D eigenvalue weighted by atomic mass is 32.1. The molecule has 0 N–H and O–H groups in total. The molecule has 0 aliphatic heterocycles. The maximum absolute atomic E-state index is 4.82. The Labute approximate surface area is 64.5 Å². The Morgan fingerprint density at radius 2 is 1.50 bits per heavy atom. The molecule has 0 atom stereocenters. The van der Waals surface area contributed by atoms with Gasteiger partial charge in [0.15, 0.2) is 0 Å². The molecule has 0 unspecified atom stereocenters. The standard InChI is InChI=1S/C5H4S3/c6-3-1-4(7)5(8)2-3/h1-2,7-8H. The van der Waals surface area contributed by atoms with Gasteiger partial charge in [0.05, 0.1) is 0 Å². The molecule has 0 aromatic carbocycles. The Morgan fingerprint density at radius 3 is 1.62 bits per heavy atom. The third-order valence-corrected chi connectivity index (χ3v) is 1.97. The topological polar surface area (TPSA) is 0 Å². The Kier molecular flexibility index (Phi) is 1.80. The maximum atomic E-state index is 4.82. The van der Waals surface area contributed by atoms with Crippen LogP contribution in [-0.2, 0) is 0 Å². The van der Waals surface area contributed by atoms with Gasteiger partial charge in [-0.15, -0.1) is 25.3 Å². The van der Waals surface area contributed by atoms with Crippen LogP contribution in [0.3, 0.4) is 0 Å². The minimum absolute atomic E-state index is 0.806. The fraction of sp³-hybridized carbons (Fsp3) is 0. The van der Waals surface area contributed by atoms with Gasteiger partial charge in [-0.25, -0.2) is 0 Å². The lowest BCUT2D eigenvalue weighted by atomic mass is 10.5. The zero-order valence-corrected chi connectivity index (χ0v) is 6.56. The van der Waals surface area contributed by atoms with E-state index in [1.807, 2.05) is 0 Å². The van der Waals surface area contributed by atoms with Crippen LogP contribution in [0.25, 0.3) is 0 Å². The lowest BCUT2D eigenvalue weighted by Gasteiger charge is -1.84. The quantitative estimate of drug-likeness (QED) is 0.404. The van der Waals surface area contributed by atoms with Gasteiger partial charge in [0.25, 0.3) is 0 Å². The average Bonchev–Trinajstić information content (AvgIpc) is 1.85. The lowest BCUT2D eigenvalue weighted by Crippen LogP contribution is -1.70. The Balaban J connectivity index is 2.98. The molecule has 1 aliphatic carbocycles. The molecule has 8 heavy (non-hydrogen) atoms. The first-order valence-electron chi connectivity index (χ1n) is 2.06. The van der Waals surface area contributed by atoms with Crippen LogP contribution in [0.1, 0.15) is 0 Å². The smallest absolute Gasteiger partial charge is 0.0399 e. The van der Waals surface area contributed by atoms with E-state index in [9.17, 15) is 0 Å². The van der Waals surface area contributed by atoms with Crippen molar-refractivity contribution in [2.24, 2.45) is 0 Å². The molecule has 0 fully saturated rings. The molecular formula is C5H4S3. The third kappa shape index (κ3) is 1.16. The molecule has 0 bridgehead atoms. The Bertz CT molecular complexity index is 168. The van der Waals surface area contributed by atoms with Crippen molar-refractivity contribution < 1.29 is 0 Å². The second-order valence-corrected chi connectivity index (χ2v) is 2.90. The predicted octanol–water partition coefficient (Wildman–Crippen LogP) is 2.00. The minimum Gasteiger partial charge on any atom is -0.142 e. The second-order valence-electron chi connectivity index (χ2n) is 1.46. The van der Waals surface area contributed by atoms with E-state index >= 15 is 0 Å². The van der Waals surface area contributed by atoms with Crippen molar-refractivity contribution in [2.45, 2.75) is 0 Å². The largest absolute Gasteiger partial charge is 0.142 e. The van der Waals surface area contributed by atoms with Crippen LogP contribution >= 0.6 is 37.5 Å². The Hall–Kier alpha value is 0.270. The van der Waals surface area contributed by atoms with Crippen LogP contribution in [-0.4, -0.2) is 4.86 Å². The summed E-state index contributed by atoms with van der Waals surface area (Å²) in [5.41, 5.74) is 0. The molecule has 0 nitrogen and oxygen atoms in total. The van der Waals surface area contributed by atoms with Crippen LogP contribution in [0.15, 0.2) is 22.0 Å². The molecule has 0 heterocycles. The third-order valence-electron chi connectivity index (χ3n) is 0.820. The fourth-order valence-electron chi connectivity index (χ4n) is 0.459. The predicted molar refractivity (Wildman–Crippen MR) is 46.7 cm³/mol. The van der Waals surface area contributed by atoms with E-state index in [-0.39, 0.29) is 0 Å². The molecule has 1 rings (SSSR count). The van der Waals surface area contributed by atoms with Gasteiger partial charge in [0, 0.05) is 14.7 Å². The Morgan fingerprint density at radius 1 is 1.12 bits per heavy atom. The van der Waals surface area contributed by atoms with Gasteiger partial charge >= 0.3 is 0 Å². The van der Waals surface area contributed by atoms with Gasteiger partial charge in [-0.1, -0.05) is 12.2 Å². The summed E-state index contributed by atoms with van der Waals surface area (Å²) < 4.78 is 0. The summed E-state index contributed by atoms with van der Waals surface area (Å²) in [4.78, 5) is 2.52. The average molecular weight is 160 g/mol. The van der Waals surface area contributed by atoms with Crippen molar-refractivity contribution >= 4 is 42.3 Å². The van der Waals surface area contributed by atoms with Crippen molar-refractivity contribution in [2.75, 3.05) is 0 Å². The van der Waals surface area contributed by atoms with Crippen molar-refractivity contribution in [1.29, 1.82) is 0 Å². The van der Waals surface area contributed by atoms with Gasteiger partial charge in [-0.2, -0.15) is 0 Å². The monoisotopic (exact) mass is 160 g/mol. The highest BCUT2D eigenvalue weighted by Crippen LogP contribution is 2.23. The summed E-state index contributed by atoms with van der Waals surface area (Å²) in [6.45, 7) is 0. The fourth-order valence-corrected chi connectivity index (χ4v) is 1.28. The van der Waals surface area contributed by atoms with Crippen LogP contribution in [0.5, 0.6) is 0 Å². The van der Waals surface area contributed by atoms with E-state index in [4.69, 9.17) is 12.2 Å². The molecule has 0 saturated carbocycles. The van der Waals surface area contributed by atoms with Crippen molar-refractivity contribution in [3.63, 3.8) is 0 Å². The zero-order chi connectivity index (χ0) is 6.15. The molecule has 0 aromatic heterocycles. The number of rotatable bonds is 0. The lowest BCUT2D eigenvalue weighted by molar-refractivity contribution is 2.00. The van der Waals surface area contributed by atoms with Crippen LogP contribution < -0.4 is 0 Å². The van der Waals surface area contributed by atoms with E-state index < -0.39 is 0 Å². The van der Waals surface area contributed by atoms with E-state index in [2.05, 4.69) is 25.3 Å². The van der Waals surface area contributed by atoms with Crippen LogP contribution in [0.4, 0.5) is 0 Å². The molecule has 0 radical (unpaired) electrons.